The number of hydrogen-bond donors (Lipinski definition) is 1. The van der Waals surface area contributed by atoms with E-state index in [1.807, 2.05) is 54.8 Å². The van der Waals surface area contributed by atoms with Crippen molar-refractivity contribution in [3.63, 3.8) is 0 Å². The first-order valence-corrected chi connectivity index (χ1v) is 10.00. The number of thioether (sulfide) groups is 1. The van der Waals surface area contributed by atoms with Crippen molar-refractivity contribution in [3.05, 3.63) is 59.4 Å². The van der Waals surface area contributed by atoms with Gasteiger partial charge in [0.05, 0.1) is 11.5 Å². The summed E-state index contributed by atoms with van der Waals surface area (Å²) in [5, 5.41) is 14.0. The van der Waals surface area contributed by atoms with Gasteiger partial charge in [-0.15, -0.1) is 10.2 Å². The molecule has 3 aromatic rings. The molecule has 144 valence electrons. The molecular formula is C19H19ClN6OS. The van der Waals surface area contributed by atoms with Crippen LogP contribution in [0.5, 0.6) is 0 Å². The highest BCUT2D eigenvalue weighted by Crippen LogP contribution is 2.24. The molecule has 0 saturated heterocycles. The molecule has 0 aliphatic heterocycles. The Bertz CT molecular complexity index is 972. The minimum absolute atomic E-state index is 0.186. The first-order valence-electron chi connectivity index (χ1n) is 8.64. The molecule has 2 heterocycles. The molecule has 0 aliphatic carbocycles. The molecule has 7 nitrogen and oxygen atoms in total. The zero-order valence-corrected chi connectivity index (χ0v) is 17.0. The number of amides is 1. The second-order valence-corrected chi connectivity index (χ2v) is 7.19. The van der Waals surface area contributed by atoms with Gasteiger partial charge in [-0.3, -0.25) is 9.78 Å². The standard InChI is InChI=1S/C19H19ClN6OS/c1-3-26-18(15-4-6-16(20)7-5-15)24-25-19(26)28-12-17(27)23-22-13(2)14-8-10-21-11-9-14/h4-11H,3,12H2,1-2H3,(H,23,27)/b22-13-. The zero-order valence-electron chi connectivity index (χ0n) is 15.5. The highest BCUT2D eigenvalue weighted by atomic mass is 35.5. The van der Waals surface area contributed by atoms with Crippen molar-refractivity contribution in [2.75, 3.05) is 5.75 Å². The van der Waals surface area contributed by atoms with Crippen molar-refractivity contribution >= 4 is 35.0 Å². The minimum Gasteiger partial charge on any atom is -0.302 e. The lowest BCUT2D eigenvalue weighted by atomic mass is 10.2. The molecule has 0 unspecified atom stereocenters. The second kappa shape index (κ2) is 9.48. The summed E-state index contributed by atoms with van der Waals surface area (Å²) in [6.45, 7) is 4.53. The largest absolute Gasteiger partial charge is 0.302 e. The van der Waals surface area contributed by atoms with Crippen LogP contribution in [0, 0.1) is 0 Å². The summed E-state index contributed by atoms with van der Waals surface area (Å²) in [4.78, 5) is 16.1. The molecule has 0 spiro atoms. The maximum atomic E-state index is 12.1. The second-order valence-electron chi connectivity index (χ2n) is 5.81. The Kier molecular flexibility index (Phi) is 6.78. The molecule has 2 aromatic heterocycles. The Morgan fingerprint density at radius 3 is 2.57 bits per heavy atom. The molecule has 0 fully saturated rings. The van der Waals surface area contributed by atoms with Crippen molar-refractivity contribution in [3.8, 4) is 11.4 Å². The van der Waals surface area contributed by atoms with Crippen molar-refractivity contribution in [2.24, 2.45) is 5.10 Å². The van der Waals surface area contributed by atoms with Gasteiger partial charge in [0.1, 0.15) is 0 Å². The van der Waals surface area contributed by atoms with E-state index < -0.39 is 0 Å². The topological polar surface area (TPSA) is 85.1 Å². The molecule has 0 radical (unpaired) electrons. The average molecular weight is 415 g/mol. The molecule has 9 heteroatoms. The number of aromatic nitrogens is 4. The number of nitrogens with zero attached hydrogens (tertiary/aromatic N) is 5. The fourth-order valence-corrected chi connectivity index (χ4v) is 3.38. The van der Waals surface area contributed by atoms with E-state index in [0.717, 1.165) is 17.0 Å². The van der Waals surface area contributed by atoms with Gasteiger partial charge in [-0.25, -0.2) is 5.43 Å². The van der Waals surface area contributed by atoms with Crippen LogP contribution in [0.15, 0.2) is 59.0 Å². The van der Waals surface area contributed by atoms with Gasteiger partial charge in [0, 0.05) is 35.1 Å². The summed E-state index contributed by atoms with van der Waals surface area (Å²) < 4.78 is 1.96. The van der Waals surface area contributed by atoms with E-state index in [9.17, 15) is 4.79 Å². The molecule has 3 rings (SSSR count). The van der Waals surface area contributed by atoms with Crippen molar-refractivity contribution in [2.45, 2.75) is 25.5 Å². The van der Waals surface area contributed by atoms with E-state index in [1.165, 1.54) is 11.8 Å². The number of nitrogens with one attached hydrogen (secondary N) is 1. The molecular weight excluding hydrogens is 396 g/mol. The highest BCUT2D eigenvalue weighted by molar-refractivity contribution is 7.99. The molecule has 0 atom stereocenters. The van der Waals surface area contributed by atoms with Gasteiger partial charge in [-0.05, 0) is 50.2 Å². The Morgan fingerprint density at radius 1 is 1.18 bits per heavy atom. The lowest BCUT2D eigenvalue weighted by molar-refractivity contribution is -0.118. The number of rotatable bonds is 7. The summed E-state index contributed by atoms with van der Waals surface area (Å²) in [7, 11) is 0. The minimum atomic E-state index is -0.211. The van der Waals surface area contributed by atoms with Crippen LogP contribution in [-0.2, 0) is 11.3 Å². The van der Waals surface area contributed by atoms with Crippen LogP contribution < -0.4 is 5.43 Å². The number of pyridine rings is 1. The zero-order chi connectivity index (χ0) is 19.9. The fraction of sp³-hybridized carbons (Fsp3) is 0.211. The van der Waals surface area contributed by atoms with Gasteiger partial charge in [0.15, 0.2) is 11.0 Å². The number of hydrogen-bond acceptors (Lipinski definition) is 6. The van der Waals surface area contributed by atoms with Crippen LogP contribution in [0.4, 0.5) is 0 Å². The smallest absolute Gasteiger partial charge is 0.250 e. The number of benzene rings is 1. The summed E-state index contributed by atoms with van der Waals surface area (Å²) in [6, 6.07) is 11.1. The lowest BCUT2D eigenvalue weighted by Crippen LogP contribution is -2.21. The predicted molar refractivity (Wildman–Crippen MR) is 111 cm³/mol. The number of carbonyl (C=O) groups is 1. The maximum Gasteiger partial charge on any atom is 0.250 e. The summed E-state index contributed by atoms with van der Waals surface area (Å²) in [5.41, 5.74) is 5.11. The van der Waals surface area contributed by atoms with Crippen molar-refractivity contribution in [1.82, 2.24) is 25.2 Å². The van der Waals surface area contributed by atoms with E-state index in [4.69, 9.17) is 11.6 Å². The van der Waals surface area contributed by atoms with Gasteiger partial charge in [-0.2, -0.15) is 5.10 Å². The quantitative estimate of drug-likeness (QED) is 0.362. The van der Waals surface area contributed by atoms with E-state index in [2.05, 4.69) is 25.7 Å². The van der Waals surface area contributed by atoms with Gasteiger partial charge in [0.2, 0.25) is 0 Å². The average Bonchev–Trinajstić information content (AvgIpc) is 3.14. The van der Waals surface area contributed by atoms with Gasteiger partial charge < -0.3 is 4.57 Å². The van der Waals surface area contributed by atoms with Crippen molar-refractivity contribution < 1.29 is 4.79 Å². The molecule has 0 saturated carbocycles. The molecule has 1 aromatic carbocycles. The van der Waals surface area contributed by atoms with Gasteiger partial charge in [-0.1, -0.05) is 23.4 Å². The van der Waals surface area contributed by atoms with Crippen LogP contribution in [0.3, 0.4) is 0 Å². The monoisotopic (exact) mass is 414 g/mol. The predicted octanol–water partition coefficient (Wildman–Crippen LogP) is 3.65. The number of halogens is 1. The maximum absolute atomic E-state index is 12.1. The van der Waals surface area contributed by atoms with Crippen LogP contribution in [-0.4, -0.2) is 37.1 Å². The van der Waals surface area contributed by atoms with E-state index in [-0.39, 0.29) is 11.7 Å². The lowest BCUT2D eigenvalue weighted by Gasteiger charge is -2.07. The third-order valence-electron chi connectivity index (χ3n) is 3.91. The van der Waals surface area contributed by atoms with Gasteiger partial charge >= 0.3 is 0 Å². The summed E-state index contributed by atoms with van der Waals surface area (Å²) in [5.74, 6) is 0.719. The first-order chi connectivity index (χ1) is 13.6. The van der Waals surface area contributed by atoms with E-state index in [0.29, 0.717) is 22.4 Å². The molecule has 1 N–H and O–H groups in total. The Hall–Kier alpha value is -2.71. The molecule has 0 bridgehead atoms. The van der Waals surface area contributed by atoms with E-state index in [1.54, 1.807) is 12.4 Å². The fourth-order valence-electron chi connectivity index (χ4n) is 2.46. The molecule has 28 heavy (non-hydrogen) atoms. The van der Waals surface area contributed by atoms with Crippen LogP contribution in [0.2, 0.25) is 5.02 Å². The number of carbonyl (C=O) groups excluding carboxylic acids is 1. The van der Waals surface area contributed by atoms with Crippen molar-refractivity contribution in [1.29, 1.82) is 0 Å². The molecule has 0 aliphatic rings. The Labute approximate surface area is 172 Å². The first kappa shape index (κ1) is 20.0. The van der Waals surface area contributed by atoms with Crippen LogP contribution in [0.25, 0.3) is 11.4 Å². The third-order valence-corrected chi connectivity index (χ3v) is 5.13. The Balaban J connectivity index is 1.63. The highest BCUT2D eigenvalue weighted by Gasteiger charge is 2.14. The normalized spacial score (nSPS) is 11.5. The third kappa shape index (κ3) is 4.96. The Morgan fingerprint density at radius 2 is 1.89 bits per heavy atom. The van der Waals surface area contributed by atoms with Crippen LogP contribution >= 0.6 is 23.4 Å². The van der Waals surface area contributed by atoms with Crippen LogP contribution in [0.1, 0.15) is 19.4 Å². The van der Waals surface area contributed by atoms with Gasteiger partial charge in [0.25, 0.3) is 5.91 Å². The number of hydrazone groups is 1. The summed E-state index contributed by atoms with van der Waals surface area (Å²) >= 11 is 7.27. The SMILES string of the molecule is CCn1c(SCC(=O)N/N=C(/C)c2ccncc2)nnc1-c1ccc(Cl)cc1. The molecule has 1 amide bonds. The summed E-state index contributed by atoms with van der Waals surface area (Å²) in [6.07, 6.45) is 3.36. The van der Waals surface area contributed by atoms with E-state index >= 15 is 0 Å².